The summed E-state index contributed by atoms with van der Waals surface area (Å²) in [5.41, 5.74) is 2.27. The maximum absolute atomic E-state index is 11.1. The fraction of sp³-hybridized carbons (Fsp3) is 0.316. The minimum atomic E-state index is -0.403. The number of hydrogen-bond donors (Lipinski definition) is 1. The van der Waals surface area contributed by atoms with Crippen molar-refractivity contribution in [2.75, 3.05) is 5.75 Å². The Hall–Kier alpha value is -1.38. The van der Waals surface area contributed by atoms with Gasteiger partial charge in [-0.05, 0) is 22.9 Å². The smallest absolute Gasteiger partial charge is 0.0708 e. The van der Waals surface area contributed by atoms with Gasteiger partial charge in [-0.3, -0.25) is 0 Å². The topological polar surface area (TPSA) is 20.2 Å². The van der Waals surface area contributed by atoms with Crippen LogP contribution in [-0.2, 0) is 0 Å². The van der Waals surface area contributed by atoms with Crippen molar-refractivity contribution < 1.29 is 5.11 Å². The van der Waals surface area contributed by atoms with Gasteiger partial charge < -0.3 is 5.11 Å². The summed E-state index contributed by atoms with van der Waals surface area (Å²) in [6, 6.07) is 18.8. The first-order chi connectivity index (χ1) is 10.0. The SMILES string of the molecule is C=S1CC(C)(C)C(O)C(c2ccccc2)c2ccccc21. The predicted octanol–water partition coefficient (Wildman–Crippen LogP) is 4.28. The summed E-state index contributed by atoms with van der Waals surface area (Å²) < 4.78 is 0. The van der Waals surface area contributed by atoms with Gasteiger partial charge in [0.1, 0.15) is 0 Å². The Morgan fingerprint density at radius 3 is 2.38 bits per heavy atom. The van der Waals surface area contributed by atoms with E-state index in [0.29, 0.717) is 0 Å². The summed E-state index contributed by atoms with van der Waals surface area (Å²) in [6.07, 6.45) is -0.403. The zero-order chi connectivity index (χ0) is 15.0. The minimum Gasteiger partial charge on any atom is -0.392 e. The highest BCUT2D eigenvalue weighted by Crippen LogP contribution is 2.48. The van der Waals surface area contributed by atoms with Gasteiger partial charge in [-0.25, -0.2) is 0 Å². The third-order valence-corrected chi connectivity index (χ3v) is 6.47. The van der Waals surface area contributed by atoms with Gasteiger partial charge in [-0.15, -0.1) is 0 Å². The van der Waals surface area contributed by atoms with Crippen molar-refractivity contribution in [2.45, 2.75) is 30.8 Å². The van der Waals surface area contributed by atoms with Crippen LogP contribution in [0.1, 0.15) is 30.9 Å². The highest BCUT2D eigenvalue weighted by Gasteiger charge is 2.40. The molecule has 1 aliphatic rings. The molecule has 0 saturated heterocycles. The van der Waals surface area contributed by atoms with E-state index >= 15 is 0 Å². The highest BCUT2D eigenvalue weighted by atomic mass is 32.2. The second-order valence-corrected chi connectivity index (χ2v) is 8.21. The fourth-order valence-corrected chi connectivity index (χ4v) is 5.28. The van der Waals surface area contributed by atoms with Crippen LogP contribution in [0, 0.1) is 5.41 Å². The first kappa shape index (κ1) is 14.6. The molecule has 3 rings (SSSR count). The normalized spacial score (nSPS) is 27.7. The van der Waals surface area contributed by atoms with Crippen LogP contribution in [0.5, 0.6) is 0 Å². The van der Waals surface area contributed by atoms with Crippen LogP contribution in [0.4, 0.5) is 0 Å². The van der Waals surface area contributed by atoms with Crippen LogP contribution < -0.4 is 0 Å². The molecule has 1 aliphatic heterocycles. The van der Waals surface area contributed by atoms with Crippen LogP contribution in [0.25, 0.3) is 0 Å². The Bertz CT molecular complexity index is 660. The minimum absolute atomic E-state index is 0.0247. The van der Waals surface area contributed by atoms with E-state index in [1.165, 1.54) is 16.0 Å². The fourth-order valence-electron chi connectivity index (χ4n) is 3.26. The van der Waals surface area contributed by atoms with Crippen molar-refractivity contribution in [3.05, 3.63) is 65.7 Å². The lowest BCUT2D eigenvalue weighted by Crippen LogP contribution is -2.36. The van der Waals surface area contributed by atoms with Crippen molar-refractivity contribution in [2.24, 2.45) is 5.41 Å². The van der Waals surface area contributed by atoms with Gasteiger partial charge >= 0.3 is 0 Å². The molecule has 0 fully saturated rings. The van der Waals surface area contributed by atoms with Crippen molar-refractivity contribution in [3.8, 4) is 0 Å². The maximum Gasteiger partial charge on any atom is 0.0708 e. The van der Waals surface area contributed by atoms with Crippen molar-refractivity contribution >= 4 is 16.4 Å². The molecule has 3 unspecified atom stereocenters. The number of hydrogen-bond acceptors (Lipinski definition) is 1. The second kappa shape index (κ2) is 5.43. The molecular weight excluding hydrogens is 276 g/mol. The molecule has 0 spiro atoms. The third-order valence-electron chi connectivity index (χ3n) is 4.39. The molecular formula is C19H22OS. The monoisotopic (exact) mass is 298 g/mol. The lowest BCUT2D eigenvalue weighted by Gasteiger charge is -2.34. The molecule has 0 saturated carbocycles. The van der Waals surface area contributed by atoms with E-state index in [2.05, 4.69) is 56.1 Å². The molecule has 1 N–H and O–H groups in total. The molecule has 3 atom stereocenters. The van der Waals surface area contributed by atoms with E-state index in [-0.39, 0.29) is 21.8 Å². The van der Waals surface area contributed by atoms with Gasteiger partial charge in [0.2, 0.25) is 0 Å². The Labute approximate surface area is 129 Å². The predicted molar refractivity (Wildman–Crippen MR) is 92.4 cm³/mol. The molecule has 110 valence electrons. The summed E-state index contributed by atoms with van der Waals surface area (Å²) in [7, 11) is -0.0771. The molecule has 1 heterocycles. The van der Waals surface area contributed by atoms with E-state index in [0.717, 1.165) is 5.75 Å². The van der Waals surface area contributed by atoms with Gasteiger partial charge in [0, 0.05) is 16.2 Å². The molecule has 0 radical (unpaired) electrons. The zero-order valence-corrected chi connectivity index (χ0v) is 13.4. The van der Waals surface area contributed by atoms with Crippen LogP contribution in [0.15, 0.2) is 59.5 Å². The summed E-state index contributed by atoms with van der Waals surface area (Å²) in [6.45, 7) is 4.31. The maximum atomic E-state index is 11.1. The molecule has 0 bridgehead atoms. The van der Waals surface area contributed by atoms with E-state index in [9.17, 15) is 5.11 Å². The Morgan fingerprint density at radius 2 is 1.67 bits per heavy atom. The van der Waals surface area contributed by atoms with Gasteiger partial charge in [0.05, 0.1) is 6.10 Å². The van der Waals surface area contributed by atoms with Gasteiger partial charge in [-0.1, -0.05) is 68.2 Å². The van der Waals surface area contributed by atoms with Crippen molar-refractivity contribution in [3.63, 3.8) is 0 Å². The molecule has 2 heteroatoms. The molecule has 0 aromatic heterocycles. The quantitative estimate of drug-likeness (QED) is 0.779. The lowest BCUT2D eigenvalue weighted by atomic mass is 9.75. The second-order valence-electron chi connectivity index (χ2n) is 6.50. The van der Waals surface area contributed by atoms with Gasteiger partial charge in [-0.2, -0.15) is 10.5 Å². The van der Waals surface area contributed by atoms with Crippen LogP contribution in [0.3, 0.4) is 0 Å². The van der Waals surface area contributed by atoms with E-state index in [4.69, 9.17) is 0 Å². The molecule has 2 aromatic carbocycles. The van der Waals surface area contributed by atoms with E-state index in [1.54, 1.807) is 0 Å². The van der Waals surface area contributed by atoms with Crippen LogP contribution >= 0.6 is 10.5 Å². The standard InChI is InChI=1S/C19H22OS/c1-19(2)13-21(3)16-12-8-7-11-15(16)17(18(19)20)14-9-5-4-6-10-14/h4-12,17-18,20H,3,13H2,1-2H3. The van der Waals surface area contributed by atoms with Gasteiger partial charge in [0.25, 0.3) is 0 Å². The largest absolute Gasteiger partial charge is 0.392 e. The average molecular weight is 298 g/mol. The average Bonchev–Trinajstić information content (AvgIpc) is 2.55. The molecule has 21 heavy (non-hydrogen) atoms. The Morgan fingerprint density at radius 1 is 1.05 bits per heavy atom. The summed E-state index contributed by atoms with van der Waals surface area (Å²) >= 11 is 0. The number of aliphatic hydroxyl groups is 1. The summed E-state index contributed by atoms with van der Waals surface area (Å²) in [5.74, 6) is 5.32. The first-order valence-electron chi connectivity index (χ1n) is 7.33. The number of fused-ring (bicyclic) bond motifs is 1. The Balaban J connectivity index is 2.23. The Kier molecular flexibility index (Phi) is 3.76. The first-order valence-corrected chi connectivity index (χ1v) is 8.89. The zero-order valence-electron chi connectivity index (χ0n) is 12.6. The highest BCUT2D eigenvalue weighted by molar-refractivity contribution is 8.14. The lowest BCUT2D eigenvalue weighted by molar-refractivity contribution is 0.0528. The van der Waals surface area contributed by atoms with Crippen molar-refractivity contribution in [1.82, 2.24) is 0 Å². The molecule has 0 aliphatic carbocycles. The number of rotatable bonds is 1. The van der Waals surface area contributed by atoms with E-state index in [1.807, 2.05) is 18.2 Å². The van der Waals surface area contributed by atoms with Gasteiger partial charge in [0.15, 0.2) is 0 Å². The van der Waals surface area contributed by atoms with E-state index < -0.39 is 6.10 Å². The summed E-state index contributed by atoms with van der Waals surface area (Å²) in [4.78, 5) is 1.30. The number of aliphatic hydroxyl groups excluding tert-OH is 1. The van der Waals surface area contributed by atoms with Crippen molar-refractivity contribution in [1.29, 1.82) is 0 Å². The molecule has 2 aromatic rings. The third kappa shape index (κ3) is 2.58. The number of benzene rings is 2. The molecule has 1 nitrogen and oxygen atoms in total. The van der Waals surface area contributed by atoms with Crippen LogP contribution in [-0.4, -0.2) is 22.8 Å². The van der Waals surface area contributed by atoms with Crippen LogP contribution in [0.2, 0.25) is 0 Å². The summed E-state index contributed by atoms with van der Waals surface area (Å²) in [5, 5.41) is 11.1. The molecule has 0 amide bonds.